The molecule has 0 amide bonds. The van der Waals surface area contributed by atoms with Gasteiger partial charge in [0.25, 0.3) is 0 Å². The van der Waals surface area contributed by atoms with Crippen molar-refractivity contribution < 1.29 is 4.74 Å². The number of hydrogen-bond acceptors (Lipinski definition) is 4. The highest BCUT2D eigenvalue weighted by molar-refractivity contribution is 5.38. The molecule has 0 radical (unpaired) electrons. The van der Waals surface area contributed by atoms with E-state index in [1.54, 1.807) is 11.8 Å². The van der Waals surface area contributed by atoms with Gasteiger partial charge in [0.2, 0.25) is 0 Å². The molecular weight excluding hydrogens is 240 g/mol. The van der Waals surface area contributed by atoms with Crippen molar-refractivity contribution in [2.75, 3.05) is 7.11 Å². The number of benzene rings is 1. The summed E-state index contributed by atoms with van der Waals surface area (Å²) in [6.45, 7) is 2.07. The minimum atomic E-state index is 0.0180. The fourth-order valence-corrected chi connectivity index (χ4v) is 2.18. The van der Waals surface area contributed by atoms with Crippen LogP contribution < -0.4 is 16.0 Å². The molecule has 2 aromatic rings. The summed E-state index contributed by atoms with van der Waals surface area (Å²) in [6.07, 6.45) is 4.55. The van der Waals surface area contributed by atoms with Crippen LogP contribution in [0.25, 0.3) is 0 Å². The maximum Gasteiger partial charge on any atom is 0.122 e. The molecule has 19 heavy (non-hydrogen) atoms. The van der Waals surface area contributed by atoms with Gasteiger partial charge in [-0.3, -0.25) is 16.0 Å². The van der Waals surface area contributed by atoms with E-state index in [4.69, 9.17) is 10.6 Å². The molecule has 0 saturated carbocycles. The Bertz CT molecular complexity index is 550. The second-order valence-electron chi connectivity index (χ2n) is 4.69. The van der Waals surface area contributed by atoms with Crippen molar-refractivity contribution in [3.63, 3.8) is 0 Å². The summed E-state index contributed by atoms with van der Waals surface area (Å²) < 4.78 is 7.17. The number of ether oxygens (including phenoxy) is 1. The molecule has 102 valence electrons. The molecule has 0 aliphatic heterocycles. The Hall–Kier alpha value is -1.85. The number of nitrogens with zero attached hydrogens (tertiary/aromatic N) is 2. The van der Waals surface area contributed by atoms with Gasteiger partial charge in [0.05, 0.1) is 19.3 Å². The highest BCUT2D eigenvalue weighted by Crippen LogP contribution is 2.25. The fourth-order valence-electron chi connectivity index (χ4n) is 2.18. The van der Waals surface area contributed by atoms with E-state index in [0.29, 0.717) is 0 Å². The predicted molar refractivity (Wildman–Crippen MR) is 74.7 cm³/mol. The number of rotatable bonds is 5. The summed E-state index contributed by atoms with van der Waals surface area (Å²) in [4.78, 5) is 0. The standard InChI is InChI=1S/C14H20N4O/c1-10-4-5-14(19-3)11(6-10)7-13(17-15)12-8-16-18(2)9-12/h4-6,8-9,13,17H,7,15H2,1-3H3. The molecule has 1 unspecified atom stereocenters. The van der Waals surface area contributed by atoms with Crippen molar-refractivity contribution in [2.24, 2.45) is 12.9 Å². The quantitative estimate of drug-likeness (QED) is 0.631. The van der Waals surface area contributed by atoms with Crippen molar-refractivity contribution in [3.8, 4) is 5.75 Å². The Balaban J connectivity index is 2.25. The van der Waals surface area contributed by atoms with Crippen molar-refractivity contribution in [2.45, 2.75) is 19.4 Å². The van der Waals surface area contributed by atoms with Crippen LogP contribution in [0.4, 0.5) is 0 Å². The second-order valence-corrected chi connectivity index (χ2v) is 4.69. The van der Waals surface area contributed by atoms with Crippen LogP contribution in [0.3, 0.4) is 0 Å². The van der Waals surface area contributed by atoms with Gasteiger partial charge in [-0.25, -0.2) is 0 Å². The van der Waals surface area contributed by atoms with E-state index in [0.717, 1.165) is 23.3 Å². The summed E-state index contributed by atoms with van der Waals surface area (Å²) in [7, 11) is 3.58. The van der Waals surface area contributed by atoms with Crippen LogP contribution >= 0.6 is 0 Å². The topological polar surface area (TPSA) is 65.1 Å². The van der Waals surface area contributed by atoms with Gasteiger partial charge in [0.1, 0.15) is 5.75 Å². The van der Waals surface area contributed by atoms with Gasteiger partial charge in [-0.1, -0.05) is 17.7 Å². The Morgan fingerprint density at radius 2 is 2.26 bits per heavy atom. The van der Waals surface area contributed by atoms with E-state index < -0.39 is 0 Å². The van der Waals surface area contributed by atoms with E-state index in [2.05, 4.69) is 23.5 Å². The molecule has 3 N–H and O–H groups in total. The summed E-state index contributed by atoms with van der Waals surface area (Å²) >= 11 is 0. The number of aryl methyl sites for hydroxylation is 2. The zero-order valence-corrected chi connectivity index (χ0v) is 11.6. The average Bonchev–Trinajstić information content (AvgIpc) is 2.82. The molecule has 0 spiro atoms. The Labute approximate surface area is 113 Å². The predicted octanol–water partition coefficient (Wildman–Crippen LogP) is 1.48. The normalized spacial score (nSPS) is 12.4. The first kappa shape index (κ1) is 13.6. The number of methoxy groups -OCH3 is 1. The molecule has 0 aliphatic carbocycles. The van der Waals surface area contributed by atoms with Crippen LogP contribution in [0, 0.1) is 6.92 Å². The van der Waals surface area contributed by atoms with Crippen molar-refractivity contribution >= 4 is 0 Å². The Kier molecular flexibility index (Phi) is 4.19. The monoisotopic (exact) mass is 260 g/mol. The molecule has 5 heteroatoms. The van der Waals surface area contributed by atoms with E-state index in [1.165, 1.54) is 5.56 Å². The maximum absolute atomic E-state index is 5.66. The van der Waals surface area contributed by atoms with Crippen LogP contribution in [0.2, 0.25) is 0 Å². The third-order valence-electron chi connectivity index (χ3n) is 3.19. The highest BCUT2D eigenvalue weighted by atomic mass is 16.5. The number of aromatic nitrogens is 2. The molecule has 1 atom stereocenters. The van der Waals surface area contributed by atoms with Gasteiger partial charge in [-0.2, -0.15) is 5.10 Å². The van der Waals surface area contributed by atoms with Gasteiger partial charge in [0, 0.05) is 18.8 Å². The van der Waals surface area contributed by atoms with Crippen molar-refractivity contribution in [1.82, 2.24) is 15.2 Å². The zero-order valence-electron chi connectivity index (χ0n) is 11.6. The maximum atomic E-state index is 5.66. The third-order valence-corrected chi connectivity index (χ3v) is 3.19. The fraction of sp³-hybridized carbons (Fsp3) is 0.357. The van der Waals surface area contributed by atoms with Gasteiger partial charge in [0.15, 0.2) is 0 Å². The van der Waals surface area contributed by atoms with E-state index in [1.807, 2.05) is 31.6 Å². The molecule has 1 aromatic heterocycles. The van der Waals surface area contributed by atoms with Gasteiger partial charge in [-0.05, 0) is 25.0 Å². The average molecular weight is 260 g/mol. The number of hydrazine groups is 1. The molecule has 0 aliphatic rings. The van der Waals surface area contributed by atoms with Crippen LogP contribution in [-0.2, 0) is 13.5 Å². The smallest absolute Gasteiger partial charge is 0.122 e. The lowest BCUT2D eigenvalue weighted by atomic mass is 9.99. The first-order chi connectivity index (χ1) is 9.13. The molecule has 2 rings (SSSR count). The van der Waals surface area contributed by atoms with Crippen LogP contribution in [0.5, 0.6) is 5.75 Å². The lowest BCUT2D eigenvalue weighted by molar-refractivity contribution is 0.405. The summed E-state index contributed by atoms with van der Waals surface area (Å²) in [5.74, 6) is 6.55. The summed E-state index contributed by atoms with van der Waals surface area (Å²) in [6, 6.07) is 6.17. The lowest BCUT2D eigenvalue weighted by Crippen LogP contribution is -2.29. The number of nitrogens with two attached hydrogens (primary N) is 1. The SMILES string of the molecule is COc1ccc(C)cc1CC(NN)c1cnn(C)c1. The van der Waals surface area contributed by atoms with Crippen molar-refractivity contribution in [3.05, 3.63) is 47.3 Å². The molecular formula is C14H20N4O. The molecule has 0 bridgehead atoms. The molecule has 1 heterocycles. The van der Waals surface area contributed by atoms with Crippen LogP contribution in [-0.4, -0.2) is 16.9 Å². The molecule has 1 aromatic carbocycles. The Morgan fingerprint density at radius 1 is 1.47 bits per heavy atom. The minimum Gasteiger partial charge on any atom is -0.496 e. The summed E-state index contributed by atoms with van der Waals surface area (Å²) in [5, 5.41) is 4.18. The van der Waals surface area contributed by atoms with E-state index in [-0.39, 0.29) is 6.04 Å². The Morgan fingerprint density at radius 3 is 2.84 bits per heavy atom. The van der Waals surface area contributed by atoms with E-state index in [9.17, 15) is 0 Å². The first-order valence-electron chi connectivity index (χ1n) is 6.22. The summed E-state index contributed by atoms with van der Waals surface area (Å²) in [5.41, 5.74) is 6.25. The highest BCUT2D eigenvalue weighted by Gasteiger charge is 2.15. The molecule has 0 fully saturated rings. The number of nitrogens with one attached hydrogen (secondary N) is 1. The van der Waals surface area contributed by atoms with Crippen LogP contribution in [0.15, 0.2) is 30.6 Å². The third kappa shape index (κ3) is 3.13. The molecule has 0 saturated heterocycles. The minimum absolute atomic E-state index is 0.0180. The lowest BCUT2D eigenvalue weighted by Gasteiger charge is -2.16. The number of hydrogen-bond donors (Lipinski definition) is 2. The van der Waals surface area contributed by atoms with Crippen molar-refractivity contribution in [1.29, 1.82) is 0 Å². The first-order valence-corrected chi connectivity index (χ1v) is 6.22. The van der Waals surface area contributed by atoms with Gasteiger partial charge >= 0.3 is 0 Å². The largest absolute Gasteiger partial charge is 0.496 e. The molecule has 5 nitrogen and oxygen atoms in total. The second kappa shape index (κ2) is 5.86. The van der Waals surface area contributed by atoms with Gasteiger partial charge < -0.3 is 4.74 Å². The zero-order chi connectivity index (χ0) is 13.8. The van der Waals surface area contributed by atoms with Crippen LogP contribution in [0.1, 0.15) is 22.7 Å². The van der Waals surface area contributed by atoms with E-state index >= 15 is 0 Å². The van der Waals surface area contributed by atoms with Gasteiger partial charge in [-0.15, -0.1) is 0 Å².